The molecule has 18 heavy (non-hydrogen) atoms. The quantitative estimate of drug-likeness (QED) is 0.253. The third kappa shape index (κ3) is 18.7. The molecular formula is C8H21KNaO6PS. The molecule has 0 aromatic heterocycles. The van der Waals surface area contributed by atoms with E-state index in [2.05, 4.69) is 10.9 Å². The predicted octanol–water partition coefficient (Wildman–Crippen LogP) is -3.98. The van der Waals surface area contributed by atoms with E-state index in [9.17, 15) is 13.0 Å². The summed E-state index contributed by atoms with van der Waals surface area (Å²) < 4.78 is 36.0. The second-order valence-corrected chi connectivity index (χ2v) is 6.70. The molecule has 0 radical (unpaired) electrons. The average Bonchev–Trinajstić information content (AvgIpc) is 2.06. The minimum Gasteiger partial charge on any atom is -1.00 e. The van der Waals surface area contributed by atoms with Crippen LogP contribution in [0.25, 0.3) is 0 Å². The summed E-state index contributed by atoms with van der Waals surface area (Å²) in [6, 6.07) is 0. The maximum absolute atomic E-state index is 11.0. The van der Waals surface area contributed by atoms with Crippen molar-refractivity contribution in [2.75, 3.05) is 5.75 Å². The van der Waals surface area contributed by atoms with Gasteiger partial charge in [-0.05, 0) is 6.42 Å². The molecule has 0 aromatic rings. The van der Waals surface area contributed by atoms with E-state index in [4.69, 9.17) is 9.79 Å². The molecule has 0 saturated heterocycles. The van der Waals surface area contributed by atoms with Gasteiger partial charge < -0.3 is 12.6 Å². The van der Waals surface area contributed by atoms with Gasteiger partial charge >= 0.3 is 88.8 Å². The zero-order valence-electron chi connectivity index (χ0n) is 13.3. The topological polar surface area (TPSA) is 101 Å². The molecule has 0 amide bonds. The summed E-state index contributed by atoms with van der Waals surface area (Å²) in [7, 11) is -9.04. The fraction of sp³-hybridized carbons (Fsp3) is 1.00. The van der Waals surface area contributed by atoms with Crippen molar-refractivity contribution in [1.82, 2.24) is 0 Å². The molecule has 0 aromatic carbocycles. The summed E-state index contributed by atoms with van der Waals surface area (Å²) in [4.78, 5) is 16.7. The zero-order chi connectivity index (χ0) is 12.7. The van der Waals surface area contributed by atoms with Crippen LogP contribution in [0, 0.1) is 0 Å². The molecule has 10 heteroatoms. The van der Waals surface area contributed by atoms with Crippen LogP contribution in [0.5, 0.6) is 0 Å². The Labute approximate surface area is 177 Å². The van der Waals surface area contributed by atoms with Crippen LogP contribution in [0.1, 0.15) is 48.3 Å². The number of phosphoric acid groups is 1. The van der Waals surface area contributed by atoms with Crippen LogP contribution in [0.4, 0.5) is 0 Å². The second-order valence-electron chi connectivity index (χ2n) is 3.59. The van der Waals surface area contributed by atoms with E-state index in [0.717, 1.165) is 32.1 Å². The first-order valence-corrected chi connectivity index (χ1v) is 8.37. The molecule has 0 rings (SSSR count). The summed E-state index contributed by atoms with van der Waals surface area (Å²) in [5.41, 5.74) is 0. The van der Waals surface area contributed by atoms with Crippen molar-refractivity contribution in [3.05, 3.63) is 0 Å². The van der Waals surface area contributed by atoms with Gasteiger partial charge in [-0.1, -0.05) is 39.0 Å². The zero-order valence-corrected chi connectivity index (χ0v) is 18.2. The van der Waals surface area contributed by atoms with Gasteiger partial charge in [-0.2, -0.15) is 12.4 Å². The fourth-order valence-electron chi connectivity index (χ4n) is 1.24. The number of hydrogen-bond acceptors (Lipinski definition) is 4. The van der Waals surface area contributed by atoms with Crippen molar-refractivity contribution >= 4 is 17.9 Å². The molecular weight excluding hydrogens is 317 g/mol. The van der Waals surface area contributed by atoms with E-state index in [-0.39, 0.29) is 89.5 Å². The van der Waals surface area contributed by atoms with Gasteiger partial charge in [0.15, 0.2) is 0 Å². The Morgan fingerprint density at radius 2 is 1.56 bits per heavy atom. The number of unbranched alkanes of at least 4 members (excludes halogenated alkanes) is 5. The number of rotatable bonds is 9. The van der Waals surface area contributed by atoms with E-state index < -0.39 is 17.9 Å². The predicted molar refractivity (Wildman–Crippen MR) is 62.5 cm³/mol. The second kappa shape index (κ2) is 13.4. The van der Waals surface area contributed by atoms with Crippen LogP contribution in [0.15, 0.2) is 0 Å². The van der Waals surface area contributed by atoms with Crippen molar-refractivity contribution in [2.45, 2.75) is 45.4 Å². The first-order valence-electron chi connectivity index (χ1n) is 5.26. The summed E-state index contributed by atoms with van der Waals surface area (Å²) in [6.07, 6.45) is 5.30. The van der Waals surface area contributed by atoms with E-state index in [1.54, 1.807) is 0 Å². The molecule has 2 N–H and O–H groups in total. The van der Waals surface area contributed by atoms with Crippen LogP contribution in [-0.2, 0) is 18.7 Å². The van der Waals surface area contributed by atoms with E-state index in [0.29, 0.717) is 6.42 Å². The third-order valence-corrected chi connectivity index (χ3v) is 4.43. The van der Waals surface area contributed by atoms with Gasteiger partial charge in [-0.3, -0.25) is 0 Å². The van der Waals surface area contributed by atoms with Crippen LogP contribution >= 0.6 is 7.82 Å². The summed E-state index contributed by atoms with van der Waals surface area (Å²) in [5.74, 6) is -0.343. The molecule has 0 aliphatic carbocycles. The Morgan fingerprint density at radius 1 is 1.11 bits per heavy atom. The summed E-state index contributed by atoms with van der Waals surface area (Å²) in [5, 5.41) is 0. The first-order chi connectivity index (χ1) is 7.27. The fourth-order valence-corrected chi connectivity index (χ4v) is 3.28. The molecule has 0 spiro atoms. The van der Waals surface area contributed by atoms with Crippen LogP contribution in [0.2, 0.25) is 0 Å². The molecule has 0 saturated carbocycles. The molecule has 0 aliphatic rings. The van der Waals surface area contributed by atoms with Gasteiger partial charge in [0.05, 0.1) is 5.75 Å². The standard InChI is InChI=1S/C8H19O6PS.K.Na.2H/c1-2-3-4-5-6-7-8-16(12,13)14-15(9,10)11;;;;/h2-8H2,1H3,(H2,9,10,11);;;;/q;2*+1;2*-1. The SMILES string of the molecule is CCCCCCCCS(=O)(=O)OP(=O)(O)O.[H-].[H-].[K+].[Na+]. The van der Waals surface area contributed by atoms with Crippen molar-refractivity contribution < 1.29 is 111 Å². The Balaban J connectivity index is -0.000000187. The van der Waals surface area contributed by atoms with Gasteiger partial charge in [0.1, 0.15) is 0 Å². The molecule has 0 aliphatic heterocycles. The molecule has 0 unspecified atom stereocenters. The summed E-state index contributed by atoms with van der Waals surface area (Å²) >= 11 is 0. The van der Waals surface area contributed by atoms with Crippen molar-refractivity contribution in [2.24, 2.45) is 0 Å². The minimum atomic E-state index is -4.94. The molecule has 102 valence electrons. The molecule has 0 heterocycles. The van der Waals surface area contributed by atoms with Crippen molar-refractivity contribution in [3.8, 4) is 0 Å². The monoisotopic (exact) mass is 338 g/mol. The molecule has 6 nitrogen and oxygen atoms in total. The van der Waals surface area contributed by atoms with E-state index >= 15 is 0 Å². The van der Waals surface area contributed by atoms with Crippen molar-refractivity contribution in [3.63, 3.8) is 0 Å². The average molecular weight is 338 g/mol. The maximum Gasteiger partial charge on any atom is 1.00 e. The molecule has 0 atom stereocenters. The Bertz CT molecular complexity index is 340. The van der Waals surface area contributed by atoms with E-state index in [1.807, 2.05) is 0 Å². The Kier molecular flexibility index (Phi) is 19.0. The van der Waals surface area contributed by atoms with Crippen LogP contribution < -0.4 is 80.9 Å². The minimum absolute atomic E-state index is 0. The van der Waals surface area contributed by atoms with Gasteiger partial charge in [0, 0.05) is 0 Å². The third-order valence-electron chi connectivity index (χ3n) is 1.96. The van der Waals surface area contributed by atoms with Gasteiger partial charge in [0.2, 0.25) is 0 Å². The maximum atomic E-state index is 11.0. The molecule has 0 bridgehead atoms. The smallest absolute Gasteiger partial charge is 1.00 e. The summed E-state index contributed by atoms with van der Waals surface area (Å²) in [6.45, 7) is 2.08. The first kappa shape index (κ1) is 25.6. The van der Waals surface area contributed by atoms with Crippen LogP contribution in [-0.4, -0.2) is 24.0 Å². The molecule has 0 fully saturated rings. The van der Waals surface area contributed by atoms with E-state index in [1.165, 1.54) is 0 Å². The Morgan fingerprint density at radius 3 is 2.00 bits per heavy atom. The van der Waals surface area contributed by atoms with Gasteiger partial charge in [-0.25, -0.2) is 4.57 Å². The van der Waals surface area contributed by atoms with Gasteiger partial charge in [-0.15, -0.1) is 0 Å². The largest absolute Gasteiger partial charge is 1.00 e. The normalized spacial score (nSPS) is 11.5. The number of hydrogen-bond donors (Lipinski definition) is 2. The Hall–Kier alpha value is 2.70. The van der Waals surface area contributed by atoms with Gasteiger partial charge in [0.25, 0.3) is 10.1 Å². The van der Waals surface area contributed by atoms with Crippen molar-refractivity contribution in [1.29, 1.82) is 0 Å². The van der Waals surface area contributed by atoms with Crippen LogP contribution in [0.3, 0.4) is 0 Å².